The summed E-state index contributed by atoms with van der Waals surface area (Å²) < 4.78 is 5.92. The minimum Gasteiger partial charge on any atom is -0.374 e. The molecule has 0 amide bonds. The predicted octanol–water partition coefficient (Wildman–Crippen LogP) is 2.72. The van der Waals surface area contributed by atoms with Crippen LogP contribution in [0.15, 0.2) is 30.3 Å². The van der Waals surface area contributed by atoms with Gasteiger partial charge in [0.2, 0.25) is 0 Å². The van der Waals surface area contributed by atoms with Gasteiger partial charge in [-0.1, -0.05) is 30.3 Å². The Hall–Kier alpha value is -0.860. The van der Waals surface area contributed by atoms with Gasteiger partial charge in [-0.15, -0.1) is 0 Å². The zero-order chi connectivity index (χ0) is 11.2. The molecule has 0 aliphatic heterocycles. The summed E-state index contributed by atoms with van der Waals surface area (Å²) in [6.07, 6.45) is 5.26. The quantitative estimate of drug-likeness (QED) is 0.845. The maximum absolute atomic E-state index is 5.92. The molecule has 0 spiro atoms. The average Bonchev–Trinajstić information content (AvgIpc) is 2.38. The Morgan fingerprint density at radius 3 is 2.38 bits per heavy atom. The molecule has 1 aromatic carbocycles. The number of rotatable bonds is 4. The minimum absolute atomic E-state index is 0.447. The van der Waals surface area contributed by atoms with Crippen LogP contribution in [-0.2, 0) is 11.3 Å². The lowest BCUT2D eigenvalue weighted by Gasteiger charge is -2.27. The fourth-order valence-corrected chi connectivity index (χ4v) is 2.32. The van der Waals surface area contributed by atoms with Gasteiger partial charge in [0, 0.05) is 0 Å². The highest BCUT2D eigenvalue weighted by Gasteiger charge is 2.20. The van der Waals surface area contributed by atoms with Crippen molar-refractivity contribution in [1.82, 2.24) is 0 Å². The number of hydrogen-bond acceptors (Lipinski definition) is 2. The first-order chi connectivity index (χ1) is 7.88. The molecule has 0 unspecified atom stereocenters. The summed E-state index contributed by atoms with van der Waals surface area (Å²) in [6, 6.07) is 10.4. The maximum atomic E-state index is 5.92. The molecule has 1 aromatic rings. The summed E-state index contributed by atoms with van der Waals surface area (Å²) in [7, 11) is 0. The third kappa shape index (κ3) is 3.32. The van der Waals surface area contributed by atoms with Gasteiger partial charge in [0.1, 0.15) is 0 Å². The number of benzene rings is 1. The summed E-state index contributed by atoms with van der Waals surface area (Å²) in [5.41, 5.74) is 6.94. The molecular weight excluding hydrogens is 198 g/mol. The smallest absolute Gasteiger partial charge is 0.0720 e. The molecule has 2 heteroatoms. The Kier molecular flexibility index (Phi) is 4.37. The predicted molar refractivity (Wildman–Crippen MR) is 66.0 cm³/mol. The van der Waals surface area contributed by atoms with Gasteiger partial charge in [0.25, 0.3) is 0 Å². The zero-order valence-electron chi connectivity index (χ0n) is 9.77. The van der Waals surface area contributed by atoms with Gasteiger partial charge in [-0.25, -0.2) is 0 Å². The fraction of sp³-hybridized carbons (Fsp3) is 0.571. The zero-order valence-corrected chi connectivity index (χ0v) is 9.77. The SMILES string of the molecule is NCC1CCC(OCc2ccccc2)CC1. The van der Waals surface area contributed by atoms with Crippen molar-refractivity contribution >= 4 is 0 Å². The summed E-state index contributed by atoms with van der Waals surface area (Å²) in [5.74, 6) is 0.733. The summed E-state index contributed by atoms with van der Waals surface area (Å²) >= 11 is 0. The highest BCUT2D eigenvalue weighted by Crippen LogP contribution is 2.25. The van der Waals surface area contributed by atoms with Crippen LogP contribution >= 0.6 is 0 Å². The Morgan fingerprint density at radius 1 is 1.06 bits per heavy atom. The first-order valence-electron chi connectivity index (χ1n) is 6.24. The van der Waals surface area contributed by atoms with E-state index in [4.69, 9.17) is 10.5 Å². The van der Waals surface area contributed by atoms with E-state index in [1.54, 1.807) is 0 Å². The van der Waals surface area contributed by atoms with Crippen LogP contribution in [0.25, 0.3) is 0 Å². The Morgan fingerprint density at radius 2 is 1.75 bits per heavy atom. The van der Waals surface area contributed by atoms with E-state index in [0.29, 0.717) is 6.10 Å². The van der Waals surface area contributed by atoms with Crippen molar-refractivity contribution in [3.8, 4) is 0 Å². The molecule has 0 heterocycles. The first kappa shape index (κ1) is 11.6. The fourth-order valence-electron chi connectivity index (χ4n) is 2.32. The van der Waals surface area contributed by atoms with Crippen molar-refractivity contribution in [1.29, 1.82) is 0 Å². The molecule has 2 nitrogen and oxygen atoms in total. The summed E-state index contributed by atoms with van der Waals surface area (Å²) in [4.78, 5) is 0. The molecule has 0 radical (unpaired) electrons. The van der Waals surface area contributed by atoms with Crippen LogP contribution < -0.4 is 5.73 Å². The molecular formula is C14H21NO. The standard InChI is InChI=1S/C14H21NO/c15-10-12-6-8-14(9-7-12)16-11-13-4-2-1-3-5-13/h1-5,12,14H,6-11,15H2. The monoisotopic (exact) mass is 219 g/mol. The van der Waals surface area contributed by atoms with Gasteiger partial charge in [-0.3, -0.25) is 0 Å². The van der Waals surface area contributed by atoms with Gasteiger partial charge in [-0.05, 0) is 43.7 Å². The normalized spacial score (nSPS) is 25.6. The number of nitrogens with two attached hydrogens (primary N) is 1. The molecule has 1 aliphatic rings. The second kappa shape index (κ2) is 6.02. The molecule has 16 heavy (non-hydrogen) atoms. The van der Waals surface area contributed by atoms with Crippen molar-refractivity contribution in [2.24, 2.45) is 11.7 Å². The Bertz CT molecular complexity index is 291. The Balaban J connectivity index is 1.72. The molecule has 0 saturated heterocycles. The highest BCUT2D eigenvalue weighted by molar-refractivity contribution is 5.13. The molecule has 0 aromatic heterocycles. The van der Waals surface area contributed by atoms with Gasteiger partial charge in [-0.2, -0.15) is 0 Å². The van der Waals surface area contributed by atoms with E-state index in [0.717, 1.165) is 19.1 Å². The summed E-state index contributed by atoms with van der Waals surface area (Å²) in [6.45, 7) is 1.59. The summed E-state index contributed by atoms with van der Waals surface area (Å²) in [5, 5.41) is 0. The van der Waals surface area contributed by atoms with E-state index in [1.165, 1.54) is 31.2 Å². The largest absolute Gasteiger partial charge is 0.374 e. The molecule has 88 valence electrons. The van der Waals surface area contributed by atoms with Crippen LogP contribution in [0, 0.1) is 5.92 Å². The molecule has 0 atom stereocenters. The molecule has 1 fully saturated rings. The van der Waals surface area contributed by atoms with E-state index in [-0.39, 0.29) is 0 Å². The topological polar surface area (TPSA) is 35.2 Å². The van der Waals surface area contributed by atoms with Crippen molar-refractivity contribution in [3.63, 3.8) is 0 Å². The lowest BCUT2D eigenvalue weighted by atomic mass is 9.87. The van der Waals surface area contributed by atoms with Crippen LogP contribution in [0.4, 0.5) is 0 Å². The van der Waals surface area contributed by atoms with Crippen LogP contribution in [-0.4, -0.2) is 12.6 Å². The van der Waals surface area contributed by atoms with Crippen molar-refractivity contribution in [2.45, 2.75) is 38.4 Å². The third-order valence-corrected chi connectivity index (χ3v) is 3.46. The third-order valence-electron chi connectivity index (χ3n) is 3.46. The lowest BCUT2D eigenvalue weighted by Crippen LogP contribution is -2.25. The second-order valence-electron chi connectivity index (χ2n) is 4.68. The van der Waals surface area contributed by atoms with Gasteiger partial charge < -0.3 is 10.5 Å². The first-order valence-corrected chi connectivity index (χ1v) is 6.24. The van der Waals surface area contributed by atoms with E-state index >= 15 is 0 Å². The average molecular weight is 219 g/mol. The molecule has 1 aliphatic carbocycles. The van der Waals surface area contributed by atoms with Crippen LogP contribution in [0.5, 0.6) is 0 Å². The van der Waals surface area contributed by atoms with Crippen molar-refractivity contribution < 1.29 is 4.74 Å². The van der Waals surface area contributed by atoms with Crippen molar-refractivity contribution in [3.05, 3.63) is 35.9 Å². The van der Waals surface area contributed by atoms with Crippen LogP contribution in [0.3, 0.4) is 0 Å². The Labute approximate surface area is 97.8 Å². The van der Waals surface area contributed by atoms with Crippen LogP contribution in [0.2, 0.25) is 0 Å². The van der Waals surface area contributed by atoms with E-state index in [9.17, 15) is 0 Å². The van der Waals surface area contributed by atoms with Gasteiger partial charge in [0.05, 0.1) is 12.7 Å². The van der Waals surface area contributed by atoms with E-state index in [1.807, 2.05) is 6.07 Å². The van der Waals surface area contributed by atoms with Crippen LogP contribution in [0.1, 0.15) is 31.2 Å². The molecule has 0 bridgehead atoms. The highest BCUT2D eigenvalue weighted by atomic mass is 16.5. The second-order valence-corrected chi connectivity index (χ2v) is 4.68. The number of ether oxygens (including phenoxy) is 1. The van der Waals surface area contributed by atoms with E-state index < -0.39 is 0 Å². The molecule has 2 N–H and O–H groups in total. The minimum atomic E-state index is 0.447. The van der Waals surface area contributed by atoms with E-state index in [2.05, 4.69) is 24.3 Å². The molecule has 1 saturated carbocycles. The molecule has 2 rings (SSSR count). The maximum Gasteiger partial charge on any atom is 0.0720 e. The van der Waals surface area contributed by atoms with Gasteiger partial charge in [0.15, 0.2) is 0 Å². The van der Waals surface area contributed by atoms with Crippen molar-refractivity contribution in [2.75, 3.05) is 6.54 Å². The number of hydrogen-bond donors (Lipinski definition) is 1. The lowest BCUT2D eigenvalue weighted by molar-refractivity contribution is 0.00796. The van der Waals surface area contributed by atoms with Gasteiger partial charge >= 0.3 is 0 Å².